The van der Waals surface area contributed by atoms with E-state index in [0.717, 1.165) is 49.0 Å². The van der Waals surface area contributed by atoms with Gasteiger partial charge >= 0.3 is 11.9 Å². The molecule has 1 aromatic heterocycles. The van der Waals surface area contributed by atoms with E-state index in [0.29, 0.717) is 21.0 Å². The molecule has 1 N–H and O–H groups in total. The van der Waals surface area contributed by atoms with Crippen molar-refractivity contribution in [3.05, 3.63) is 51.4 Å². The van der Waals surface area contributed by atoms with Crippen LogP contribution in [0.2, 0.25) is 0 Å². The Labute approximate surface area is 180 Å². The molecule has 0 unspecified atom stereocenters. The highest BCUT2D eigenvalue weighted by Crippen LogP contribution is 2.35. The molecule has 2 aromatic rings. The number of aryl methyl sites for hydroxylation is 1. The number of ether oxygens (including phenoxy) is 2. The standard InChI is InChI=1S/C23H27NO5S/c1-4-28-22(26)18-15(3)19(23(27)29-17-11-6-5-7-12-17)30-21(18)24-20(25)16-10-8-9-14(2)13-16/h8-10,13,17H,4-7,11-12H2,1-3H3,(H,24,25). The summed E-state index contributed by atoms with van der Waals surface area (Å²) in [6.07, 6.45) is 4.88. The summed E-state index contributed by atoms with van der Waals surface area (Å²) in [4.78, 5) is 38.4. The molecule has 1 saturated carbocycles. The topological polar surface area (TPSA) is 81.7 Å². The van der Waals surface area contributed by atoms with E-state index in [1.807, 2.05) is 13.0 Å². The van der Waals surface area contributed by atoms with Gasteiger partial charge in [0.2, 0.25) is 0 Å². The molecule has 0 spiro atoms. The summed E-state index contributed by atoms with van der Waals surface area (Å²) in [5, 5.41) is 3.08. The van der Waals surface area contributed by atoms with E-state index in [-0.39, 0.29) is 24.2 Å². The lowest BCUT2D eigenvalue weighted by molar-refractivity contribution is 0.0216. The summed E-state index contributed by atoms with van der Waals surface area (Å²) >= 11 is 1.06. The Balaban J connectivity index is 1.88. The molecule has 0 bridgehead atoms. The summed E-state index contributed by atoms with van der Waals surface area (Å²) in [6, 6.07) is 7.15. The average molecular weight is 430 g/mol. The predicted molar refractivity (Wildman–Crippen MR) is 116 cm³/mol. The zero-order valence-electron chi connectivity index (χ0n) is 17.6. The van der Waals surface area contributed by atoms with E-state index in [2.05, 4.69) is 5.32 Å². The Kier molecular flexibility index (Phi) is 7.26. The number of nitrogens with one attached hydrogen (secondary N) is 1. The van der Waals surface area contributed by atoms with E-state index in [1.165, 1.54) is 0 Å². The Bertz CT molecular complexity index is 943. The van der Waals surface area contributed by atoms with E-state index in [1.54, 1.807) is 32.0 Å². The number of esters is 2. The van der Waals surface area contributed by atoms with Crippen molar-refractivity contribution in [1.29, 1.82) is 0 Å². The SMILES string of the molecule is CCOC(=O)c1c(NC(=O)c2cccc(C)c2)sc(C(=O)OC2CCCCC2)c1C. The lowest BCUT2D eigenvalue weighted by atomic mass is 9.98. The van der Waals surface area contributed by atoms with Crippen LogP contribution in [0.25, 0.3) is 0 Å². The first-order valence-electron chi connectivity index (χ1n) is 10.3. The molecule has 1 fully saturated rings. The summed E-state index contributed by atoms with van der Waals surface area (Å²) in [5.41, 5.74) is 2.10. The molecule has 1 amide bonds. The molecular weight excluding hydrogens is 402 g/mol. The molecule has 1 aliphatic rings. The molecule has 0 saturated heterocycles. The highest BCUT2D eigenvalue weighted by atomic mass is 32.1. The van der Waals surface area contributed by atoms with E-state index in [9.17, 15) is 14.4 Å². The molecule has 1 heterocycles. The Hall–Kier alpha value is -2.67. The summed E-state index contributed by atoms with van der Waals surface area (Å²) in [7, 11) is 0. The normalized spacial score (nSPS) is 14.2. The van der Waals surface area contributed by atoms with Gasteiger partial charge in [0, 0.05) is 5.56 Å². The first-order chi connectivity index (χ1) is 14.4. The third kappa shape index (κ3) is 5.08. The molecule has 160 valence electrons. The largest absolute Gasteiger partial charge is 0.462 e. The van der Waals surface area contributed by atoms with Crippen LogP contribution in [0.1, 0.15) is 80.5 Å². The molecule has 3 rings (SSSR count). The minimum atomic E-state index is -0.567. The number of hydrogen-bond donors (Lipinski definition) is 1. The van der Waals surface area contributed by atoms with E-state index < -0.39 is 11.9 Å². The van der Waals surface area contributed by atoms with E-state index in [4.69, 9.17) is 9.47 Å². The van der Waals surface area contributed by atoms with Gasteiger partial charge in [-0.15, -0.1) is 11.3 Å². The second-order valence-corrected chi connectivity index (χ2v) is 8.49. The Morgan fingerprint density at radius 2 is 1.83 bits per heavy atom. The monoisotopic (exact) mass is 429 g/mol. The summed E-state index contributed by atoms with van der Waals surface area (Å²) in [6.45, 7) is 5.49. The van der Waals surface area contributed by atoms with Crippen LogP contribution in [-0.2, 0) is 9.47 Å². The maximum Gasteiger partial charge on any atom is 0.348 e. The molecule has 6 nitrogen and oxygen atoms in total. The third-order valence-electron chi connectivity index (χ3n) is 5.14. The second kappa shape index (κ2) is 9.89. The smallest absolute Gasteiger partial charge is 0.348 e. The first-order valence-corrected chi connectivity index (χ1v) is 11.1. The minimum absolute atomic E-state index is 0.0934. The molecule has 30 heavy (non-hydrogen) atoms. The van der Waals surface area contributed by atoms with Gasteiger partial charge in [0.05, 0.1) is 12.2 Å². The molecule has 7 heteroatoms. The quantitative estimate of drug-likeness (QED) is 0.632. The van der Waals surface area contributed by atoms with Crippen molar-refractivity contribution in [2.45, 2.75) is 59.0 Å². The van der Waals surface area contributed by atoms with Crippen molar-refractivity contribution < 1.29 is 23.9 Å². The van der Waals surface area contributed by atoms with Crippen LogP contribution < -0.4 is 5.32 Å². The molecule has 0 radical (unpaired) electrons. The predicted octanol–water partition coefficient (Wildman–Crippen LogP) is 5.28. The zero-order chi connectivity index (χ0) is 21.7. The number of carbonyl (C=O) groups excluding carboxylic acids is 3. The van der Waals surface area contributed by atoms with Crippen molar-refractivity contribution in [2.75, 3.05) is 11.9 Å². The number of anilines is 1. The van der Waals surface area contributed by atoms with Gasteiger partial charge in [-0.1, -0.05) is 24.1 Å². The van der Waals surface area contributed by atoms with Crippen molar-refractivity contribution >= 4 is 34.2 Å². The number of rotatable bonds is 6. The molecule has 1 aliphatic carbocycles. The van der Waals surface area contributed by atoms with Gasteiger partial charge in [-0.2, -0.15) is 0 Å². The number of amides is 1. The number of carbonyl (C=O) groups is 3. The fourth-order valence-electron chi connectivity index (χ4n) is 3.59. The number of hydrogen-bond acceptors (Lipinski definition) is 6. The second-order valence-electron chi connectivity index (χ2n) is 7.47. The maximum absolute atomic E-state index is 12.8. The molecular formula is C23H27NO5S. The number of thiophene rings is 1. The molecule has 0 aliphatic heterocycles. The third-order valence-corrected chi connectivity index (χ3v) is 6.33. The Morgan fingerprint density at radius 3 is 2.50 bits per heavy atom. The highest BCUT2D eigenvalue weighted by Gasteiger charge is 2.29. The van der Waals surface area contributed by atoms with Gasteiger partial charge in [0.1, 0.15) is 16.0 Å². The lowest BCUT2D eigenvalue weighted by Crippen LogP contribution is -2.21. The summed E-state index contributed by atoms with van der Waals surface area (Å²) < 4.78 is 10.8. The lowest BCUT2D eigenvalue weighted by Gasteiger charge is -2.21. The van der Waals surface area contributed by atoms with Crippen molar-refractivity contribution in [3.8, 4) is 0 Å². The van der Waals surface area contributed by atoms with Crippen LogP contribution in [0.3, 0.4) is 0 Å². The van der Waals surface area contributed by atoms with Gasteiger partial charge in [-0.05, 0) is 64.2 Å². The maximum atomic E-state index is 12.8. The van der Waals surface area contributed by atoms with Gasteiger partial charge < -0.3 is 14.8 Å². The average Bonchev–Trinajstić information content (AvgIpc) is 3.05. The van der Waals surface area contributed by atoms with Gasteiger partial charge in [-0.25, -0.2) is 9.59 Å². The van der Waals surface area contributed by atoms with Crippen molar-refractivity contribution in [3.63, 3.8) is 0 Å². The van der Waals surface area contributed by atoms with Gasteiger partial charge in [0.15, 0.2) is 0 Å². The van der Waals surface area contributed by atoms with Crippen LogP contribution in [0.5, 0.6) is 0 Å². The first kappa shape index (κ1) is 22.0. The van der Waals surface area contributed by atoms with Gasteiger partial charge in [-0.3, -0.25) is 4.79 Å². The highest BCUT2D eigenvalue weighted by molar-refractivity contribution is 7.18. The molecule has 0 atom stereocenters. The van der Waals surface area contributed by atoms with Crippen LogP contribution >= 0.6 is 11.3 Å². The van der Waals surface area contributed by atoms with Crippen LogP contribution in [0, 0.1) is 13.8 Å². The molecule has 1 aromatic carbocycles. The van der Waals surface area contributed by atoms with Crippen LogP contribution in [0.4, 0.5) is 5.00 Å². The summed E-state index contributed by atoms with van der Waals surface area (Å²) in [5.74, 6) is -1.37. The van der Waals surface area contributed by atoms with Gasteiger partial charge in [0.25, 0.3) is 5.91 Å². The van der Waals surface area contributed by atoms with Crippen molar-refractivity contribution in [1.82, 2.24) is 0 Å². The minimum Gasteiger partial charge on any atom is -0.462 e. The van der Waals surface area contributed by atoms with Crippen LogP contribution in [0.15, 0.2) is 24.3 Å². The van der Waals surface area contributed by atoms with E-state index >= 15 is 0 Å². The zero-order valence-corrected chi connectivity index (χ0v) is 18.4. The van der Waals surface area contributed by atoms with Crippen LogP contribution in [-0.4, -0.2) is 30.6 Å². The Morgan fingerprint density at radius 1 is 1.10 bits per heavy atom. The fourth-order valence-corrected chi connectivity index (χ4v) is 4.67. The van der Waals surface area contributed by atoms with Crippen molar-refractivity contribution in [2.24, 2.45) is 0 Å². The fraction of sp³-hybridized carbons (Fsp3) is 0.435. The number of benzene rings is 1.